The van der Waals surface area contributed by atoms with Gasteiger partial charge < -0.3 is 20.4 Å². The van der Waals surface area contributed by atoms with Gasteiger partial charge in [0.1, 0.15) is 12.3 Å². The molecule has 1 amide bonds. The van der Waals surface area contributed by atoms with E-state index in [1.165, 1.54) is 0 Å². The van der Waals surface area contributed by atoms with Crippen LogP contribution < -0.4 is 16.0 Å². The van der Waals surface area contributed by atoms with Crippen molar-refractivity contribution in [3.8, 4) is 0 Å². The lowest BCUT2D eigenvalue weighted by molar-refractivity contribution is -0.119. The number of guanidine groups is 1. The Bertz CT molecular complexity index is 555. The van der Waals surface area contributed by atoms with Gasteiger partial charge in [-0.15, -0.1) is 0 Å². The summed E-state index contributed by atoms with van der Waals surface area (Å²) >= 11 is 0. The highest BCUT2D eigenvalue weighted by Crippen LogP contribution is 2.22. The van der Waals surface area contributed by atoms with Crippen molar-refractivity contribution in [1.29, 1.82) is 0 Å². The van der Waals surface area contributed by atoms with Gasteiger partial charge in [-0.3, -0.25) is 4.79 Å². The van der Waals surface area contributed by atoms with Crippen molar-refractivity contribution in [2.45, 2.75) is 58.5 Å². The van der Waals surface area contributed by atoms with E-state index < -0.39 is 0 Å². The van der Waals surface area contributed by atoms with Crippen LogP contribution in [-0.4, -0.2) is 36.0 Å². The van der Waals surface area contributed by atoms with Crippen molar-refractivity contribution >= 4 is 11.9 Å². The maximum absolute atomic E-state index is 11.7. The molecule has 0 atom stereocenters. The number of nitrogens with one attached hydrogen (secondary N) is 3. The molecule has 1 aliphatic carbocycles. The second kappa shape index (κ2) is 7.48. The number of oxazole rings is 1. The normalized spacial score (nSPS) is 15.4. The fourth-order valence-electron chi connectivity index (χ4n) is 1.89. The van der Waals surface area contributed by atoms with Gasteiger partial charge in [0.05, 0.1) is 12.7 Å². The highest BCUT2D eigenvalue weighted by Gasteiger charge is 2.23. The Morgan fingerprint density at radius 3 is 2.70 bits per heavy atom. The number of aliphatic imine (C=N–C) groups is 1. The van der Waals surface area contributed by atoms with E-state index >= 15 is 0 Å². The van der Waals surface area contributed by atoms with Crippen LogP contribution in [-0.2, 0) is 16.8 Å². The summed E-state index contributed by atoms with van der Waals surface area (Å²) in [6.45, 7) is 9.47. The monoisotopic (exact) mass is 321 g/mol. The van der Waals surface area contributed by atoms with Gasteiger partial charge in [-0.25, -0.2) is 9.98 Å². The highest BCUT2D eigenvalue weighted by atomic mass is 16.4. The van der Waals surface area contributed by atoms with Crippen LogP contribution in [0.5, 0.6) is 0 Å². The number of carbonyl (C=O) groups excluding carboxylic acids is 1. The predicted molar refractivity (Wildman–Crippen MR) is 89.2 cm³/mol. The van der Waals surface area contributed by atoms with Gasteiger partial charge in [0, 0.05) is 18.0 Å². The minimum Gasteiger partial charge on any atom is -0.443 e. The molecule has 0 unspecified atom stereocenters. The first-order valence-corrected chi connectivity index (χ1v) is 8.15. The van der Waals surface area contributed by atoms with Crippen molar-refractivity contribution in [2.24, 2.45) is 4.99 Å². The molecule has 23 heavy (non-hydrogen) atoms. The Morgan fingerprint density at radius 2 is 2.13 bits per heavy atom. The number of hydrogen-bond donors (Lipinski definition) is 3. The Morgan fingerprint density at radius 1 is 1.39 bits per heavy atom. The molecule has 7 nitrogen and oxygen atoms in total. The third-order valence-corrected chi connectivity index (χ3v) is 3.37. The maximum Gasteiger partial charge on any atom is 0.242 e. The smallest absolute Gasteiger partial charge is 0.242 e. The number of hydrogen-bond acceptors (Lipinski definition) is 4. The zero-order chi connectivity index (χ0) is 16.9. The molecule has 128 valence electrons. The van der Waals surface area contributed by atoms with Crippen LogP contribution in [0.3, 0.4) is 0 Å². The Balaban J connectivity index is 1.85. The van der Waals surface area contributed by atoms with Gasteiger partial charge in [0.2, 0.25) is 11.8 Å². The van der Waals surface area contributed by atoms with Crippen molar-refractivity contribution < 1.29 is 9.21 Å². The van der Waals surface area contributed by atoms with Gasteiger partial charge in [-0.1, -0.05) is 20.8 Å². The van der Waals surface area contributed by atoms with Gasteiger partial charge in [0.15, 0.2) is 5.96 Å². The molecular weight excluding hydrogens is 294 g/mol. The number of amides is 1. The first-order chi connectivity index (χ1) is 10.9. The summed E-state index contributed by atoms with van der Waals surface area (Å²) in [5.74, 6) is 1.98. The molecule has 0 spiro atoms. The van der Waals surface area contributed by atoms with E-state index in [0.29, 0.717) is 24.4 Å². The minimum atomic E-state index is -0.0647. The summed E-state index contributed by atoms with van der Waals surface area (Å²) in [6, 6.07) is 0.358. The van der Waals surface area contributed by atoms with E-state index in [2.05, 4.69) is 46.7 Å². The van der Waals surface area contributed by atoms with Crippen LogP contribution in [0.15, 0.2) is 15.6 Å². The second-order valence-corrected chi connectivity index (χ2v) is 6.76. The fourth-order valence-corrected chi connectivity index (χ4v) is 1.89. The summed E-state index contributed by atoms with van der Waals surface area (Å²) in [5, 5.41) is 9.14. The lowest BCUT2D eigenvalue weighted by Crippen LogP contribution is -2.38. The summed E-state index contributed by atoms with van der Waals surface area (Å²) in [7, 11) is 0. The topological polar surface area (TPSA) is 91.5 Å². The van der Waals surface area contributed by atoms with Gasteiger partial charge in [0.25, 0.3) is 0 Å². The molecule has 7 heteroatoms. The van der Waals surface area contributed by atoms with Gasteiger partial charge >= 0.3 is 0 Å². The lowest BCUT2D eigenvalue weighted by atomic mass is 9.94. The maximum atomic E-state index is 11.7. The zero-order valence-electron chi connectivity index (χ0n) is 14.4. The van der Waals surface area contributed by atoms with Crippen LogP contribution in [0.4, 0.5) is 0 Å². The third kappa shape index (κ3) is 5.92. The molecule has 1 aromatic rings. The van der Waals surface area contributed by atoms with E-state index in [4.69, 9.17) is 4.42 Å². The number of rotatable bonds is 6. The third-order valence-electron chi connectivity index (χ3n) is 3.37. The molecule has 0 aromatic carbocycles. The van der Waals surface area contributed by atoms with Crippen molar-refractivity contribution in [1.82, 2.24) is 20.9 Å². The van der Waals surface area contributed by atoms with Gasteiger partial charge in [-0.2, -0.15) is 0 Å². The van der Waals surface area contributed by atoms with E-state index in [1.807, 2.05) is 6.92 Å². The zero-order valence-corrected chi connectivity index (χ0v) is 14.4. The molecule has 0 aliphatic heterocycles. The van der Waals surface area contributed by atoms with Crippen LogP contribution >= 0.6 is 0 Å². The molecule has 2 rings (SSSR count). The molecule has 1 heterocycles. The summed E-state index contributed by atoms with van der Waals surface area (Å²) in [4.78, 5) is 20.2. The van der Waals surface area contributed by atoms with Crippen LogP contribution in [0.25, 0.3) is 0 Å². The van der Waals surface area contributed by atoms with E-state index in [9.17, 15) is 4.79 Å². The van der Waals surface area contributed by atoms with Crippen molar-refractivity contribution in [3.05, 3.63) is 17.8 Å². The highest BCUT2D eigenvalue weighted by molar-refractivity contribution is 5.85. The summed E-state index contributed by atoms with van der Waals surface area (Å²) in [5.41, 5.74) is -0.0647. The largest absolute Gasteiger partial charge is 0.443 e. The number of nitrogens with zero attached hydrogens (tertiary/aromatic N) is 2. The fraction of sp³-hybridized carbons (Fsp3) is 0.688. The Labute approximate surface area is 137 Å². The standard InChI is InChI=1S/C16H27N5O2/c1-5-17-15(19-9-13(22)21-11-6-7-11)20-10-14-18-8-12(23-14)16(2,3)4/h8,11H,5-7,9-10H2,1-4H3,(H,21,22)(H2,17,19,20). The van der Waals surface area contributed by atoms with Crippen LogP contribution in [0, 0.1) is 0 Å². The molecule has 0 radical (unpaired) electrons. The number of aromatic nitrogens is 1. The van der Waals surface area contributed by atoms with E-state index in [0.717, 1.165) is 25.1 Å². The summed E-state index contributed by atoms with van der Waals surface area (Å²) < 4.78 is 5.73. The van der Waals surface area contributed by atoms with Crippen molar-refractivity contribution in [2.75, 3.05) is 13.1 Å². The molecule has 1 saturated carbocycles. The Hall–Kier alpha value is -2.05. The molecule has 0 bridgehead atoms. The predicted octanol–water partition coefficient (Wildman–Crippen LogP) is 1.31. The molecule has 3 N–H and O–H groups in total. The van der Waals surface area contributed by atoms with Crippen molar-refractivity contribution in [3.63, 3.8) is 0 Å². The van der Waals surface area contributed by atoms with Crippen LogP contribution in [0.1, 0.15) is 52.2 Å². The minimum absolute atomic E-state index is 0.0455. The summed E-state index contributed by atoms with van der Waals surface area (Å²) in [6.07, 6.45) is 3.91. The molecular formula is C16H27N5O2. The molecule has 1 aromatic heterocycles. The molecule has 0 saturated heterocycles. The molecule has 1 aliphatic rings. The quantitative estimate of drug-likeness (QED) is 0.543. The Kier molecular flexibility index (Phi) is 5.63. The van der Waals surface area contributed by atoms with Crippen LogP contribution in [0.2, 0.25) is 0 Å². The lowest BCUT2D eigenvalue weighted by Gasteiger charge is -2.13. The SMILES string of the molecule is CCNC(=NCC(=O)NC1CC1)NCc1ncc(C(C)(C)C)o1. The first-order valence-electron chi connectivity index (χ1n) is 8.15. The van der Waals surface area contributed by atoms with E-state index in [1.54, 1.807) is 6.20 Å². The number of carbonyl (C=O) groups is 1. The first kappa shape index (κ1) is 17.3. The molecule has 1 fully saturated rings. The second-order valence-electron chi connectivity index (χ2n) is 6.76. The van der Waals surface area contributed by atoms with Gasteiger partial charge in [-0.05, 0) is 19.8 Å². The average molecular weight is 321 g/mol. The van der Waals surface area contributed by atoms with E-state index in [-0.39, 0.29) is 17.9 Å². The average Bonchev–Trinajstić information content (AvgIpc) is 3.14.